The van der Waals surface area contributed by atoms with E-state index in [9.17, 15) is 18.0 Å². The normalized spacial score (nSPS) is 17.3. The Bertz CT molecular complexity index is 1070. The lowest BCUT2D eigenvalue weighted by Crippen LogP contribution is -2.43. The van der Waals surface area contributed by atoms with Crippen LogP contribution in [0.25, 0.3) is 0 Å². The van der Waals surface area contributed by atoms with Crippen LogP contribution < -0.4 is 10.6 Å². The number of carbonyl (C=O) groups excluding carboxylic acids is 2. The van der Waals surface area contributed by atoms with E-state index in [0.717, 1.165) is 11.3 Å². The average molecular weight is 484 g/mol. The molecule has 2 N–H and O–H groups in total. The van der Waals surface area contributed by atoms with E-state index in [4.69, 9.17) is 11.6 Å². The molecule has 0 bridgehead atoms. The Balaban J connectivity index is 1.66. The molecule has 0 aliphatic carbocycles. The number of carbonyl (C=O) groups is 2. The number of piperidine rings is 1. The Kier molecular flexibility index (Phi) is 7.74. The SMILES string of the molecule is CCCNC(=O)c1ccc(NC(=O)C2CCCN(S(=O)(=O)c3ccc(C)s3)C2)cc1Cl. The van der Waals surface area contributed by atoms with Gasteiger partial charge in [-0.25, -0.2) is 8.42 Å². The van der Waals surface area contributed by atoms with E-state index < -0.39 is 15.9 Å². The fraction of sp³-hybridized carbons (Fsp3) is 0.429. The highest BCUT2D eigenvalue weighted by atomic mass is 35.5. The third-order valence-electron chi connectivity index (χ3n) is 5.08. The Hall–Kier alpha value is -1.94. The summed E-state index contributed by atoms with van der Waals surface area (Å²) in [5.74, 6) is -0.987. The van der Waals surface area contributed by atoms with Crippen molar-refractivity contribution in [1.82, 2.24) is 9.62 Å². The number of sulfonamides is 1. The number of aryl methyl sites for hydroxylation is 1. The fourth-order valence-corrected chi connectivity index (χ4v) is 6.64. The van der Waals surface area contributed by atoms with Crippen molar-refractivity contribution < 1.29 is 18.0 Å². The summed E-state index contributed by atoms with van der Waals surface area (Å²) in [4.78, 5) is 25.8. The predicted molar refractivity (Wildman–Crippen MR) is 123 cm³/mol. The monoisotopic (exact) mass is 483 g/mol. The highest BCUT2D eigenvalue weighted by Gasteiger charge is 2.34. The van der Waals surface area contributed by atoms with Crippen molar-refractivity contribution in [1.29, 1.82) is 0 Å². The minimum Gasteiger partial charge on any atom is -0.352 e. The second-order valence-electron chi connectivity index (χ2n) is 7.51. The number of amides is 2. The van der Waals surface area contributed by atoms with Crippen molar-refractivity contribution in [2.75, 3.05) is 25.0 Å². The lowest BCUT2D eigenvalue weighted by molar-refractivity contribution is -0.120. The van der Waals surface area contributed by atoms with Crippen LogP contribution in [0.15, 0.2) is 34.5 Å². The van der Waals surface area contributed by atoms with Crippen LogP contribution in [-0.4, -0.2) is 44.2 Å². The minimum absolute atomic E-state index is 0.135. The molecule has 2 heterocycles. The Morgan fingerprint density at radius 2 is 2.03 bits per heavy atom. The number of halogens is 1. The molecule has 7 nitrogen and oxygen atoms in total. The van der Waals surface area contributed by atoms with E-state index in [1.165, 1.54) is 21.7 Å². The zero-order chi connectivity index (χ0) is 22.6. The van der Waals surface area contributed by atoms with Crippen LogP contribution in [0.3, 0.4) is 0 Å². The molecule has 2 amide bonds. The topological polar surface area (TPSA) is 95.6 Å². The lowest BCUT2D eigenvalue weighted by Gasteiger charge is -2.30. The van der Waals surface area contributed by atoms with Gasteiger partial charge in [-0.15, -0.1) is 11.3 Å². The number of benzene rings is 1. The van der Waals surface area contributed by atoms with Gasteiger partial charge in [0.15, 0.2) is 0 Å². The van der Waals surface area contributed by atoms with Crippen molar-refractivity contribution in [3.05, 3.63) is 45.8 Å². The molecule has 1 saturated heterocycles. The summed E-state index contributed by atoms with van der Waals surface area (Å²) in [6, 6.07) is 8.11. The third-order valence-corrected chi connectivity index (χ3v) is 8.73. The van der Waals surface area contributed by atoms with E-state index in [1.807, 2.05) is 13.8 Å². The summed E-state index contributed by atoms with van der Waals surface area (Å²) in [6.45, 7) is 4.91. The first-order chi connectivity index (χ1) is 14.7. The summed E-state index contributed by atoms with van der Waals surface area (Å²) < 4.78 is 27.5. The van der Waals surface area contributed by atoms with E-state index in [2.05, 4.69) is 10.6 Å². The number of thiophene rings is 1. The van der Waals surface area contributed by atoms with Gasteiger partial charge in [0.25, 0.3) is 15.9 Å². The van der Waals surface area contributed by atoms with Gasteiger partial charge in [-0.3, -0.25) is 9.59 Å². The Morgan fingerprint density at radius 3 is 2.68 bits per heavy atom. The van der Waals surface area contributed by atoms with Crippen LogP contribution in [-0.2, 0) is 14.8 Å². The first kappa shape index (κ1) is 23.7. The van der Waals surface area contributed by atoms with Crippen molar-refractivity contribution >= 4 is 50.5 Å². The first-order valence-corrected chi connectivity index (χ1v) is 12.8. The summed E-state index contributed by atoms with van der Waals surface area (Å²) in [5.41, 5.74) is 0.810. The van der Waals surface area contributed by atoms with Crippen LogP contribution in [0.4, 0.5) is 5.69 Å². The van der Waals surface area contributed by atoms with Crippen molar-refractivity contribution in [3.63, 3.8) is 0 Å². The molecule has 1 unspecified atom stereocenters. The molecule has 168 valence electrons. The maximum absolute atomic E-state index is 12.9. The van der Waals surface area contributed by atoms with Crippen LogP contribution in [0, 0.1) is 12.8 Å². The quantitative estimate of drug-likeness (QED) is 0.624. The van der Waals surface area contributed by atoms with Gasteiger partial charge in [0, 0.05) is 30.2 Å². The molecule has 31 heavy (non-hydrogen) atoms. The minimum atomic E-state index is -3.60. The van der Waals surface area contributed by atoms with Gasteiger partial charge < -0.3 is 10.6 Å². The predicted octanol–water partition coefficient (Wildman–Crippen LogP) is 3.89. The fourth-order valence-electron chi connectivity index (χ4n) is 3.41. The number of rotatable bonds is 7. The van der Waals surface area contributed by atoms with Crippen LogP contribution >= 0.6 is 22.9 Å². The molecule has 1 aliphatic rings. The van der Waals surface area contributed by atoms with E-state index in [0.29, 0.717) is 41.4 Å². The largest absolute Gasteiger partial charge is 0.352 e. The molecule has 0 saturated carbocycles. The summed E-state index contributed by atoms with van der Waals surface area (Å²) >= 11 is 7.46. The second kappa shape index (κ2) is 10.1. The highest BCUT2D eigenvalue weighted by Crippen LogP contribution is 2.29. The molecule has 2 aromatic rings. The van der Waals surface area contributed by atoms with Gasteiger partial charge in [-0.05, 0) is 56.5 Å². The molecular formula is C21H26ClN3O4S2. The maximum atomic E-state index is 12.9. The third kappa shape index (κ3) is 5.65. The molecular weight excluding hydrogens is 458 g/mol. The van der Waals surface area contributed by atoms with Crippen molar-refractivity contribution in [2.45, 2.75) is 37.3 Å². The van der Waals surface area contributed by atoms with Gasteiger partial charge in [0.05, 0.1) is 16.5 Å². The van der Waals surface area contributed by atoms with Crippen molar-refractivity contribution in [3.8, 4) is 0 Å². The lowest BCUT2D eigenvalue weighted by atomic mass is 9.98. The van der Waals surface area contributed by atoms with Gasteiger partial charge in [0.2, 0.25) is 5.91 Å². The molecule has 1 fully saturated rings. The Morgan fingerprint density at radius 1 is 1.26 bits per heavy atom. The van der Waals surface area contributed by atoms with E-state index in [-0.39, 0.29) is 23.4 Å². The van der Waals surface area contributed by atoms with Gasteiger partial charge in [-0.1, -0.05) is 18.5 Å². The number of anilines is 1. The molecule has 0 radical (unpaired) electrons. The second-order valence-corrected chi connectivity index (χ2v) is 11.4. The standard InChI is InChI=1S/C21H26ClN3O4S2/c1-3-10-23-21(27)17-8-7-16(12-18(17)22)24-20(26)15-5-4-11-25(13-15)31(28,29)19-9-6-14(2)30-19/h6-9,12,15H,3-5,10-11,13H2,1-2H3,(H,23,27)(H,24,26). The van der Waals surface area contributed by atoms with E-state index in [1.54, 1.807) is 24.3 Å². The smallest absolute Gasteiger partial charge is 0.252 e. The number of hydrogen-bond donors (Lipinski definition) is 2. The highest BCUT2D eigenvalue weighted by molar-refractivity contribution is 7.91. The molecule has 1 aromatic heterocycles. The number of nitrogens with one attached hydrogen (secondary N) is 2. The number of hydrogen-bond acceptors (Lipinski definition) is 5. The average Bonchev–Trinajstić information content (AvgIpc) is 3.19. The summed E-state index contributed by atoms with van der Waals surface area (Å²) in [6.07, 6.45) is 2.03. The van der Waals surface area contributed by atoms with Crippen molar-refractivity contribution in [2.24, 2.45) is 5.92 Å². The van der Waals surface area contributed by atoms with Crippen LogP contribution in [0.1, 0.15) is 41.4 Å². The molecule has 3 rings (SSSR count). The summed E-state index contributed by atoms with van der Waals surface area (Å²) in [7, 11) is -3.60. The van der Waals surface area contributed by atoms with E-state index >= 15 is 0 Å². The van der Waals surface area contributed by atoms with Gasteiger partial charge in [-0.2, -0.15) is 4.31 Å². The van der Waals surface area contributed by atoms with Gasteiger partial charge >= 0.3 is 0 Å². The summed E-state index contributed by atoms with van der Waals surface area (Å²) in [5, 5.41) is 5.81. The van der Waals surface area contributed by atoms with Crippen LogP contribution in [0.5, 0.6) is 0 Å². The molecule has 10 heteroatoms. The molecule has 1 aliphatic heterocycles. The molecule has 1 aromatic carbocycles. The zero-order valence-electron chi connectivity index (χ0n) is 17.5. The van der Waals surface area contributed by atoms with Crippen LogP contribution in [0.2, 0.25) is 5.02 Å². The Labute approximate surface area is 191 Å². The molecule has 0 spiro atoms. The number of nitrogens with zero attached hydrogens (tertiary/aromatic N) is 1. The zero-order valence-corrected chi connectivity index (χ0v) is 19.9. The van der Waals surface area contributed by atoms with Gasteiger partial charge in [0.1, 0.15) is 4.21 Å². The maximum Gasteiger partial charge on any atom is 0.252 e. The molecule has 1 atom stereocenters. The first-order valence-electron chi connectivity index (χ1n) is 10.2.